The van der Waals surface area contributed by atoms with Crippen LogP contribution in [-0.2, 0) is 13.2 Å². The van der Waals surface area contributed by atoms with Crippen molar-refractivity contribution in [3.05, 3.63) is 52.5 Å². The summed E-state index contributed by atoms with van der Waals surface area (Å²) < 4.78 is 10.1. The van der Waals surface area contributed by atoms with Gasteiger partial charge in [0, 0.05) is 43.4 Å². The van der Waals surface area contributed by atoms with Crippen molar-refractivity contribution in [2.24, 2.45) is 0 Å². The van der Waals surface area contributed by atoms with E-state index in [0.29, 0.717) is 6.67 Å². The molecule has 1 aromatic carbocycles. The minimum absolute atomic E-state index is 0.683. The summed E-state index contributed by atoms with van der Waals surface area (Å²) in [5.74, 6) is 1.53. The van der Waals surface area contributed by atoms with Crippen molar-refractivity contribution in [3.63, 3.8) is 0 Å². The Balaban J connectivity index is 1.46. The van der Waals surface area contributed by atoms with E-state index in [4.69, 9.17) is 33.3 Å². The van der Waals surface area contributed by atoms with Gasteiger partial charge < -0.3 is 9.32 Å². The van der Waals surface area contributed by atoms with Crippen LogP contribution in [0, 0.1) is 4.77 Å². The van der Waals surface area contributed by atoms with Crippen molar-refractivity contribution in [3.8, 4) is 11.6 Å². The van der Waals surface area contributed by atoms with Crippen LogP contribution in [0.25, 0.3) is 11.6 Å². The highest BCUT2D eigenvalue weighted by Crippen LogP contribution is 2.22. The second kappa shape index (κ2) is 7.88. The van der Waals surface area contributed by atoms with Gasteiger partial charge in [0.1, 0.15) is 0 Å². The third kappa shape index (κ3) is 3.81. The van der Waals surface area contributed by atoms with Gasteiger partial charge in [-0.05, 0) is 49.5 Å². The summed E-state index contributed by atoms with van der Waals surface area (Å²) in [6.07, 6.45) is 1.66. The van der Waals surface area contributed by atoms with Gasteiger partial charge in [-0.1, -0.05) is 17.7 Å². The minimum Gasteiger partial charge on any atom is -0.461 e. The number of benzene rings is 1. The van der Waals surface area contributed by atoms with Crippen LogP contribution < -0.4 is 4.90 Å². The lowest BCUT2D eigenvalue weighted by Crippen LogP contribution is -2.47. The van der Waals surface area contributed by atoms with Crippen molar-refractivity contribution in [1.29, 1.82) is 0 Å². The molecule has 0 amide bonds. The molecule has 0 saturated carbocycles. The number of hydrogen-bond acceptors (Lipinski definition) is 5. The first-order valence-corrected chi connectivity index (χ1v) is 9.88. The van der Waals surface area contributed by atoms with Crippen LogP contribution in [0.15, 0.2) is 47.1 Å². The van der Waals surface area contributed by atoms with Crippen LogP contribution in [-0.4, -0.2) is 45.4 Å². The number of anilines is 1. The maximum absolute atomic E-state index is 6.12. The Hall–Kier alpha value is -2.09. The van der Waals surface area contributed by atoms with Crippen molar-refractivity contribution in [2.75, 3.05) is 31.1 Å². The standard InChI is InChI=1S/C19H22ClN5OS/c1-2-24-18(17-7-4-12-26-17)21-25(19(24)27)14-22-8-10-23(11-9-22)16-6-3-5-15(20)13-16/h3-7,12-13H,2,8-11,14H2,1H3. The van der Waals surface area contributed by atoms with Gasteiger partial charge in [0.25, 0.3) is 0 Å². The predicted octanol–water partition coefficient (Wildman–Crippen LogP) is 4.13. The smallest absolute Gasteiger partial charge is 0.199 e. The summed E-state index contributed by atoms with van der Waals surface area (Å²) in [5.41, 5.74) is 1.18. The van der Waals surface area contributed by atoms with E-state index in [0.717, 1.165) is 54.1 Å². The average Bonchev–Trinajstić information content (AvgIpc) is 3.31. The molecule has 3 heterocycles. The van der Waals surface area contributed by atoms with Gasteiger partial charge in [0.15, 0.2) is 16.4 Å². The molecule has 142 valence electrons. The van der Waals surface area contributed by atoms with Gasteiger partial charge in [0.05, 0.1) is 12.9 Å². The molecule has 4 rings (SSSR count). The van der Waals surface area contributed by atoms with Gasteiger partial charge in [-0.2, -0.15) is 0 Å². The molecule has 0 N–H and O–H groups in total. The van der Waals surface area contributed by atoms with Crippen molar-refractivity contribution in [2.45, 2.75) is 20.1 Å². The molecule has 8 heteroatoms. The van der Waals surface area contributed by atoms with Gasteiger partial charge in [-0.25, -0.2) is 4.68 Å². The summed E-state index contributed by atoms with van der Waals surface area (Å²) in [7, 11) is 0. The maximum atomic E-state index is 6.12. The first kappa shape index (κ1) is 18.3. The Bertz CT molecular complexity index is 957. The number of halogens is 1. The van der Waals surface area contributed by atoms with Gasteiger partial charge in [-0.3, -0.25) is 9.47 Å². The zero-order chi connectivity index (χ0) is 18.8. The molecule has 0 bridgehead atoms. The molecule has 0 unspecified atom stereocenters. The summed E-state index contributed by atoms with van der Waals surface area (Å²) in [6.45, 7) is 7.31. The number of piperazine rings is 1. The summed E-state index contributed by atoms with van der Waals surface area (Å²) in [6, 6.07) is 11.8. The highest BCUT2D eigenvalue weighted by Gasteiger charge is 2.20. The molecule has 1 aliphatic heterocycles. The molecule has 1 saturated heterocycles. The molecule has 0 spiro atoms. The molecular weight excluding hydrogens is 382 g/mol. The average molecular weight is 404 g/mol. The zero-order valence-electron chi connectivity index (χ0n) is 15.2. The lowest BCUT2D eigenvalue weighted by atomic mass is 10.2. The number of hydrogen-bond donors (Lipinski definition) is 0. The Labute approximate surface area is 168 Å². The molecule has 6 nitrogen and oxygen atoms in total. The van der Waals surface area contributed by atoms with Gasteiger partial charge in [0.2, 0.25) is 0 Å². The summed E-state index contributed by atoms with van der Waals surface area (Å²) in [4.78, 5) is 4.73. The van der Waals surface area contributed by atoms with Crippen molar-refractivity contribution >= 4 is 29.5 Å². The van der Waals surface area contributed by atoms with E-state index >= 15 is 0 Å². The monoisotopic (exact) mass is 403 g/mol. The highest BCUT2D eigenvalue weighted by molar-refractivity contribution is 7.71. The second-order valence-corrected chi connectivity index (χ2v) is 7.36. The minimum atomic E-state index is 0.683. The fourth-order valence-electron chi connectivity index (χ4n) is 3.42. The fraction of sp³-hybridized carbons (Fsp3) is 0.368. The molecule has 1 aliphatic rings. The second-order valence-electron chi connectivity index (χ2n) is 6.55. The van der Waals surface area contributed by atoms with E-state index in [1.54, 1.807) is 6.26 Å². The molecule has 27 heavy (non-hydrogen) atoms. The Morgan fingerprint density at radius 2 is 1.96 bits per heavy atom. The Kier molecular flexibility index (Phi) is 5.33. The quantitative estimate of drug-likeness (QED) is 0.599. The topological polar surface area (TPSA) is 42.4 Å². The number of rotatable bonds is 5. The molecule has 2 aromatic heterocycles. The van der Waals surface area contributed by atoms with E-state index in [9.17, 15) is 0 Å². The van der Waals surface area contributed by atoms with E-state index in [1.807, 2.05) is 39.6 Å². The van der Waals surface area contributed by atoms with E-state index in [2.05, 4.69) is 22.8 Å². The van der Waals surface area contributed by atoms with Crippen molar-refractivity contribution < 1.29 is 4.42 Å². The molecular formula is C19H22ClN5OS. The fourth-order valence-corrected chi connectivity index (χ4v) is 3.91. The number of aromatic nitrogens is 3. The van der Waals surface area contributed by atoms with Gasteiger partial charge in [-0.15, -0.1) is 5.10 Å². The van der Waals surface area contributed by atoms with E-state index < -0.39 is 0 Å². The Morgan fingerprint density at radius 1 is 1.15 bits per heavy atom. The maximum Gasteiger partial charge on any atom is 0.199 e. The lowest BCUT2D eigenvalue weighted by Gasteiger charge is -2.35. The highest BCUT2D eigenvalue weighted by atomic mass is 35.5. The molecule has 1 fully saturated rings. The molecule has 0 aliphatic carbocycles. The largest absolute Gasteiger partial charge is 0.461 e. The molecule has 3 aromatic rings. The number of nitrogens with zero attached hydrogens (tertiary/aromatic N) is 5. The zero-order valence-corrected chi connectivity index (χ0v) is 16.8. The summed E-state index contributed by atoms with van der Waals surface area (Å²) >= 11 is 11.8. The van der Waals surface area contributed by atoms with Crippen LogP contribution in [0.1, 0.15) is 6.92 Å². The van der Waals surface area contributed by atoms with Crippen LogP contribution >= 0.6 is 23.8 Å². The van der Waals surface area contributed by atoms with Crippen LogP contribution in [0.5, 0.6) is 0 Å². The molecule has 0 atom stereocenters. The van der Waals surface area contributed by atoms with Crippen LogP contribution in [0.3, 0.4) is 0 Å². The first-order valence-electron chi connectivity index (χ1n) is 9.10. The van der Waals surface area contributed by atoms with Gasteiger partial charge >= 0.3 is 0 Å². The predicted molar refractivity (Wildman–Crippen MR) is 110 cm³/mol. The lowest BCUT2D eigenvalue weighted by molar-refractivity contribution is 0.194. The van der Waals surface area contributed by atoms with Crippen molar-refractivity contribution in [1.82, 2.24) is 19.2 Å². The van der Waals surface area contributed by atoms with Crippen LogP contribution in [0.2, 0.25) is 5.02 Å². The molecule has 0 radical (unpaired) electrons. The third-order valence-electron chi connectivity index (χ3n) is 4.86. The van der Waals surface area contributed by atoms with E-state index in [1.165, 1.54) is 5.69 Å². The Morgan fingerprint density at radius 3 is 2.63 bits per heavy atom. The SMILES string of the molecule is CCn1c(-c2ccco2)nn(CN2CCN(c3cccc(Cl)c3)CC2)c1=S. The summed E-state index contributed by atoms with van der Waals surface area (Å²) in [5, 5.41) is 5.49. The third-order valence-corrected chi connectivity index (χ3v) is 5.53. The van der Waals surface area contributed by atoms with Crippen LogP contribution in [0.4, 0.5) is 5.69 Å². The van der Waals surface area contributed by atoms with E-state index in [-0.39, 0.29) is 0 Å². The number of furan rings is 1. The first-order chi connectivity index (χ1) is 13.2. The normalized spacial score (nSPS) is 15.4.